The van der Waals surface area contributed by atoms with Crippen LogP contribution in [0.5, 0.6) is 5.75 Å². The van der Waals surface area contributed by atoms with Gasteiger partial charge in [-0.1, -0.05) is 12.1 Å². The van der Waals surface area contributed by atoms with Crippen LogP contribution in [0.1, 0.15) is 39.0 Å². The molecular formula is C22H32N3O6P. The first-order chi connectivity index (χ1) is 15.0. The highest BCUT2D eigenvalue weighted by molar-refractivity contribution is 7.54. The molecule has 1 N–H and O–H groups in total. The van der Waals surface area contributed by atoms with Crippen molar-refractivity contribution in [2.45, 2.75) is 45.7 Å². The zero-order valence-electron chi connectivity index (χ0n) is 19.6. The van der Waals surface area contributed by atoms with Gasteiger partial charge in [0.25, 0.3) is 5.69 Å². The average Bonchev–Trinajstić information content (AvgIpc) is 2.70. The van der Waals surface area contributed by atoms with Gasteiger partial charge in [0.2, 0.25) is 0 Å². The summed E-state index contributed by atoms with van der Waals surface area (Å²) in [6, 6.07) is 11.8. The van der Waals surface area contributed by atoms with Gasteiger partial charge in [-0.15, -0.1) is 0 Å². The van der Waals surface area contributed by atoms with Crippen LogP contribution in [0.2, 0.25) is 0 Å². The molecule has 2 rings (SSSR count). The highest BCUT2D eigenvalue weighted by Gasteiger charge is 2.40. The Bertz CT molecular complexity index is 949. The molecule has 1 atom stereocenters. The van der Waals surface area contributed by atoms with Crippen LogP contribution < -0.4 is 15.0 Å². The highest BCUT2D eigenvalue weighted by atomic mass is 31.2. The second-order valence-electron chi connectivity index (χ2n) is 8.02. The van der Waals surface area contributed by atoms with Crippen LogP contribution in [0.3, 0.4) is 0 Å². The Morgan fingerprint density at radius 3 is 2.00 bits per heavy atom. The van der Waals surface area contributed by atoms with Crippen molar-refractivity contribution in [3.8, 4) is 5.75 Å². The zero-order chi connectivity index (χ0) is 24.1. The molecule has 0 saturated carbocycles. The predicted molar refractivity (Wildman–Crippen MR) is 127 cm³/mol. The predicted octanol–water partition coefficient (Wildman–Crippen LogP) is 5.82. The van der Waals surface area contributed by atoms with Crippen LogP contribution >= 0.6 is 7.60 Å². The Labute approximate surface area is 189 Å². The van der Waals surface area contributed by atoms with Crippen LogP contribution in [-0.2, 0) is 13.6 Å². The Kier molecular flexibility index (Phi) is 8.66. The van der Waals surface area contributed by atoms with E-state index < -0.39 is 30.5 Å². The zero-order valence-corrected chi connectivity index (χ0v) is 20.5. The van der Waals surface area contributed by atoms with Crippen molar-refractivity contribution in [3.63, 3.8) is 0 Å². The number of ether oxygens (including phenoxy) is 1. The van der Waals surface area contributed by atoms with Gasteiger partial charge in [0.15, 0.2) is 5.78 Å². The van der Waals surface area contributed by atoms with Crippen molar-refractivity contribution < 1.29 is 23.3 Å². The number of hydrogen-bond acceptors (Lipinski definition) is 8. The minimum absolute atomic E-state index is 0.178. The number of nitrogens with one attached hydrogen (secondary N) is 1. The minimum atomic E-state index is -3.82. The van der Waals surface area contributed by atoms with E-state index in [4.69, 9.17) is 13.8 Å². The van der Waals surface area contributed by atoms with Crippen LogP contribution in [0.25, 0.3) is 0 Å². The van der Waals surface area contributed by atoms with Gasteiger partial charge in [0, 0.05) is 19.8 Å². The first-order valence-corrected chi connectivity index (χ1v) is 11.9. The summed E-state index contributed by atoms with van der Waals surface area (Å²) in [5.41, 5.74) is 1.54. The summed E-state index contributed by atoms with van der Waals surface area (Å²) in [7, 11) is 1.45. The number of nitro benzene ring substituents is 1. The number of nitrogens with zero attached hydrogens (tertiary/aromatic N) is 2. The number of rotatable bonds is 11. The van der Waals surface area contributed by atoms with Gasteiger partial charge < -0.3 is 24.0 Å². The molecule has 0 amide bonds. The SMILES string of the molecule is COc1ccc(NC(c2ccc(N(C)C)cc2)P(=O)(OC(C)C)OC(C)C)c([N+](=O)[O-])c1. The number of hydrogen-bond donors (Lipinski definition) is 1. The summed E-state index contributed by atoms with van der Waals surface area (Å²) in [4.78, 5) is 13.1. The molecule has 0 aliphatic heterocycles. The molecule has 0 bridgehead atoms. The molecule has 0 aliphatic carbocycles. The third-order valence-electron chi connectivity index (χ3n) is 4.45. The molecular weight excluding hydrogens is 433 g/mol. The second kappa shape index (κ2) is 10.8. The maximum Gasteiger partial charge on any atom is 0.357 e. The fourth-order valence-corrected chi connectivity index (χ4v) is 5.40. The van der Waals surface area contributed by atoms with E-state index in [1.807, 2.05) is 43.3 Å². The molecule has 10 heteroatoms. The summed E-state index contributed by atoms with van der Waals surface area (Å²) in [6.07, 6.45) is -0.786. The number of benzene rings is 2. The van der Waals surface area contributed by atoms with E-state index in [2.05, 4.69) is 5.32 Å². The van der Waals surface area contributed by atoms with E-state index in [1.54, 1.807) is 33.8 Å². The third kappa shape index (κ3) is 6.45. The maximum absolute atomic E-state index is 14.1. The van der Waals surface area contributed by atoms with Gasteiger partial charge in [0.1, 0.15) is 11.4 Å². The van der Waals surface area contributed by atoms with E-state index in [9.17, 15) is 14.7 Å². The largest absolute Gasteiger partial charge is 0.496 e. The Morgan fingerprint density at radius 1 is 1.00 bits per heavy atom. The van der Waals surface area contributed by atoms with Crippen molar-refractivity contribution in [3.05, 3.63) is 58.1 Å². The lowest BCUT2D eigenvalue weighted by molar-refractivity contribution is -0.384. The number of nitro groups is 1. The van der Waals surface area contributed by atoms with Crippen LogP contribution in [0, 0.1) is 10.1 Å². The minimum Gasteiger partial charge on any atom is -0.496 e. The molecule has 0 fully saturated rings. The van der Waals surface area contributed by atoms with E-state index >= 15 is 0 Å². The molecule has 0 aromatic heterocycles. The van der Waals surface area contributed by atoms with Crippen molar-refractivity contribution in [2.24, 2.45) is 0 Å². The second-order valence-corrected chi connectivity index (χ2v) is 10.0. The normalized spacial score (nSPS) is 12.7. The molecule has 2 aromatic rings. The lowest BCUT2D eigenvalue weighted by Crippen LogP contribution is -2.20. The standard InChI is InChI=1S/C22H32N3O6P/c1-15(2)30-32(28,31-16(3)4)22(17-8-10-18(11-9-17)24(5)6)23-20-13-12-19(29-7)14-21(20)25(26)27/h8-16,22-23H,1-7H3. The highest BCUT2D eigenvalue weighted by Crippen LogP contribution is 2.62. The van der Waals surface area contributed by atoms with Gasteiger partial charge in [-0.25, -0.2) is 0 Å². The molecule has 0 radical (unpaired) electrons. The molecule has 0 saturated heterocycles. The molecule has 9 nitrogen and oxygen atoms in total. The molecule has 176 valence electrons. The summed E-state index contributed by atoms with van der Waals surface area (Å²) in [5, 5.41) is 14.8. The lowest BCUT2D eigenvalue weighted by atomic mass is 10.2. The molecule has 1 unspecified atom stereocenters. The summed E-state index contributed by atoms with van der Waals surface area (Å²) in [6.45, 7) is 7.05. The fourth-order valence-electron chi connectivity index (χ4n) is 3.09. The van der Waals surface area contributed by atoms with E-state index in [1.165, 1.54) is 19.2 Å². The van der Waals surface area contributed by atoms with Gasteiger partial charge >= 0.3 is 7.60 Å². The van der Waals surface area contributed by atoms with Crippen molar-refractivity contribution in [2.75, 3.05) is 31.4 Å². The van der Waals surface area contributed by atoms with Crippen LogP contribution in [0.4, 0.5) is 17.1 Å². The first-order valence-electron chi connectivity index (χ1n) is 10.3. The van der Waals surface area contributed by atoms with Gasteiger partial charge in [0.05, 0.1) is 30.3 Å². The monoisotopic (exact) mass is 465 g/mol. The Balaban J connectivity index is 2.62. The van der Waals surface area contributed by atoms with Gasteiger partial charge in [-0.2, -0.15) is 0 Å². The Hall–Kier alpha value is -2.61. The van der Waals surface area contributed by atoms with Crippen molar-refractivity contribution in [1.29, 1.82) is 0 Å². The van der Waals surface area contributed by atoms with E-state index in [-0.39, 0.29) is 11.4 Å². The summed E-state index contributed by atoms with van der Waals surface area (Å²) < 4.78 is 30.8. The quantitative estimate of drug-likeness (QED) is 0.251. The van der Waals surface area contributed by atoms with E-state index in [0.29, 0.717) is 11.3 Å². The number of methoxy groups -OCH3 is 1. The third-order valence-corrected chi connectivity index (χ3v) is 6.94. The molecule has 0 spiro atoms. The van der Waals surface area contributed by atoms with E-state index in [0.717, 1.165) is 5.69 Å². The summed E-state index contributed by atoms with van der Waals surface area (Å²) in [5.74, 6) is -0.634. The first kappa shape index (κ1) is 25.6. The van der Waals surface area contributed by atoms with Crippen molar-refractivity contribution in [1.82, 2.24) is 0 Å². The summed E-state index contributed by atoms with van der Waals surface area (Å²) >= 11 is 0. The average molecular weight is 465 g/mol. The molecule has 2 aromatic carbocycles. The van der Waals surface area contributed by atoms with Crippen LogP contribution in [0.15, 0.2) is 42.5 Å². The maximum atomic E-state index is 14.1. The van der Waals surface area contributed by atoms with Gasteiger partial charge in [-0.05, 0) is 57.5 Å². The Morgan fingerprint density at radius 2 is 1.56 bits per heavy atom. The van der Waals surface area contributed by atoms with Crippen molar-refractivity contribution >= 4 is 24.7 Å². The molecule has 0 aliphatic rings. The topological polar surface area (TPSA) is 103 Å². The molecule has 32 heavy (non-hydrogen) atoms. The molecule has 0 heterocycles. The fraction of sp³-hybridized carbons (Fsp3) is 0.455. The van der Waals surface area contributed by atoms with Crippen LogP contribution in [-0.4, -0.2) is 38.3 Å². The van der Waals surface area contributed by atoms with Gasteiger partial charge in [-0.3, -0.25) is 14.7 Å². The lowest BCUT2D eigenvalue weighted by Gasteiger charge is -2.31. The smallest absolute Gasteiger partial charge is 0.357 e. The number of anilines is 2.